The second-order valence-electron chi connectivity index (χ2n) is 6.87. The summed E-state index contributed by atoms with van der Waals surface area (Å²) in [7, 11) is 4.00. The molecule has 1 aliphatic heterocycles. The SMILES string of the molecule is CN=C(NCc1ccc(N2CCN(C)CC2)nc1)NC1CCCC1. The van der Waals surface area contributed by atoms with Gasteiger partial charge in [0.1, 0.15) is 5.82 Å². The van der Waals surface area contributed by atoms with Gasteiger partial charge in [0.15, 0.2) is 5.96 Å². The lowest BCUT2D eigenvalue weighted by molar-refractivity contribution is 0.312. The fraction of sp³-hybridized carbons (Fsp3) is 0.667. The number of rotatable bonds is 4. The van der Waals surface area contributed by atoms with Crippen molar-refractivity contribution in [1.29, 1.82) is 0 Å². The molecule has 132 valence electrons. The van der Waals surface area contributed by atoms with Crippen molar-refractivity contribution in [2.45, 2.75) is 38.3 Å². The number of aliphatic imine (C=N–C) groups is 1. The zero-order chi connectivity index (χ0) is 16.8. The minimum Gasteiger partial charge on any atom is -0.354 e. The van der Waals surface area contributed by atoms with Crippen molar-refractivity contribution in [3.63, 3.8) is 0 Å². The number of nitrogens with one attached hydrogen (secondary N) is 2. The summed E-state index contributed by atoms with van der Waals surface area (Å²) in [5, 5.41) is 6.90. The Balaban J connectivity index is 1.48. The highest BCUT2D eigenvalue weighted by Gasteiger charge is 2.16. The van der Waals surface area contributed by atoms with E-state index in [1.807, 2.05) is 13.2 Å². The van der Waals surface area contributed by atoms with Crippen molar-refractivity contribution in [3.05, 3.63) is 23.9 Å². The molecule has 0 atom stereocenters. The van der Waals surface area contributed by atoms with Crippen molar-refractivity contribution in [2.24, 2.45) is 4.99 Å². The molecule has 1 aromatic rings. The molecule has 2 heterocycles. The minimum absolute atomic E-state index is 0.578. The summed E-state index contributed by atoms with van der Waals surface area (Å²) < 4.78 is 0. The molecule has 0 unspecified atom stereocenters. The van der Waals surface area contributed by atoms with Crippen LogP contribution < -0.4 is 15.5 Å². The smallest absolute Gasteiger partial charge is 0.191 e. The number of likely N-dealkylation sites (N-methyl/N-ethyl adjacent to an activating group) is 1. The average Bonchev–Trinajstić information content (AvgIpc) is 3.13. The van der Waals surface area contributed by atoms with Crippen LogP contribution in [0.4, 0.5) is 5.82 Å². The molecule has 0 amide bonds. The van der Waals surface area contributed by atoms with Gasteiger partial charge in [0, 0.05) is 52.0 Å². The molecule has 6 heteroatoms. The highest BCUT2D eigenvalue weighted by Crippen LogP contribution is 2.17. The quantitative estimate of drug-likeness (QED) is 0.646. The molecule has 6 nitrogen and oxygen atoms in total. The Bertz CT molecular complexity index is 527. The van der Waals surface area contributed by atoms with Gasteiger partial charge in [-0.2, -0.15) is 0 Å². The maximum Gasteiger partial charge on any atom is 0.191 e. The van der Waals surface area contributed by atoms with Crippen LogP contribution in [0, 0.1) is 0 Å². The van der Waals surface area contributed by atoms with Gasteiger partial charge < -0.3 is 20.4 Å². The Hall–Kier alpha value is -1.82. The second kappa shape index (κ2) is 8.33. The molecule has 1 saturated heterocycles. The first kappa shape index (κ1) is 17.0. The lowest BCUT2D eigenvalue weighted by Gasteiger charge is -2.33. The third-order valence-corrected chi connectivity index (χ3v) is 5.02. The predicted molar refractivity (Wildman–Crippen MR) is 99.5 cm³/mol. The maximum atomic E-state index is 4.64. The van der Waals surface area contributed by atoms with Crippen molar-refractivity contribution in [3.8, 4) is 0 Å². The fourth-order valence-corrected chi connectivity index (χ4v) is 3.39. The fourth-order valence-electron chi connectivity index (χ4n) is 3.39. The van der Waals surface area contributed by atoms with E-state index in [2.05, 4.69) is 49.6 Å². The molecule has 0 radical (unpaired) electrons. The molecule has 3 rings (SSSR count). The summed E-state index contributed by atoms with van der Waals surface area (Å²) in [5.41, 5.74) is 1.18. The van der Waals surface area contributed by atoms with Gasteiger partial charge in [-0.25, -0.2) is 4.98 Å². The topological polar surface area (TPSA) is 55.8 Å². The second-order valence-corrected chi connectivity index (χ2v) is 6.87. The molecule has 1 aliphatic carbocycles. The average molecular weight is 330 g/mol. The van der Waals surface area contributed by atoms with E-state index < -0.39 is 0 Å². The maximum absolute atomic E-state index is 4.64. The predicted octanol–water partition coefficient (Wildman–Crippen LogP) is 1.44. The third kappa shape index (κ3) is 4.60. The normalized spacial score (nSPS) is 20.4. The molecule has 2 fully saturated rings. The molecule has 24 heavy (non-hydrogen) atoms. The van der Waals surface area contributed by atoms with E-state index in [4.69, 9.17) is 0 Å². The van der Waals surface area contributed by atoms with Gasteiger partial charge in [-0.05, 0) is 31.5 Å². The van der Waals surface area contributed by atoms with Crippen LogP contribution >= 0.6 is 0 Å². The molecule has 0 aromatic carbocycles. The molecule has 1 saturated carbocycles. The summed E-state index contributed by atoms with van der Waals surface area (Å²) in [4.78, 5) is 13.7. The standard InChI is InChI=1S/C18H30N6/c1-19-18(22-16-5-3-4-6-16)21-14-15-7-8-17(20-13-15)24-11-9-23(2)10-12-24/h7-8,13,16H,3-6,9-12,14H2,1-2H3,(H2,19,21,22). The van der Waals surface area contributed by atoms with Gasteiger partial charge in [-0.3, -0.25) is 4.99 Å². The van der Waals surface area contributed by atoms with E-state index in [9.17, 15) is 0 Å². The Morgan fingerprint density at radius 1 is 1.21 bits per heavy atom. The van der Waals surface area contributed by atoms with Gasteiger partial charge in [-0.1, -0.05) is 18.9 Å². The van der Waals surface area contributed by atoms with Crippen molar-refractivity contribution in [1.82, 2.24) is 20.5 Å². The Kier molecular flexibility index (Phi) is 5.91. The Morgan fingerprint density at radius 2 is 1.96 bits per heavy atom. The minimum atomic E-state index is 0.578. The van der Waals surface area contributed by atoms with Gasteiger partial charge in [-0.15, -0.1) is 0 Å². The summed E-state index contributed by atoms with van der Waals surface area (Å²) in [5.74, 6) is 1.98. The number of guanidine groups is 1. The number of nitrogens with zero attached hydrogens (tertiary/aromatic N) is 4. The summed E-state index contributed by atoms with van der Waals surface area (Å²) in [6, 6.07) is 4.88. The van der Waals surface area contributed by atoms with Crippen LogP contribution in [0.25, 0.3) is 0 Å². The lowest BCUT2D eigenvalue weighted by Crippen LogP contribution is -2.44. The number of hydrogen-bond donors (Lipinski definition) is 2. The molecule has 2 N–H and O–H groups in total. The van der Waals surface area contributed by atoms with Crippen LogP contribution in [0.15, 0.2) is 23.3 Å². The van der Waals surface area contributed by atoms with E-state index in [0.29, 0.717) is 6.04 Å². The number of pyridine rings is 1. The Morgan fingerprint density at radius 3 is 2.58 bits per heavy atom. The van der Waals surface area contributed by atoms with Crippen LogP contribution in [-0.4, -0.2) is 62.2 Å². The zero-order valence-electron chi connectivity index (χ0n) is 15.0. The van der Waals surface area contributed by atoms with Crippen LogP contribution in [0.3, 0.4) is 0 Å². The molecule has 2 aliphatic rings. The van der Waals surface area contributed by atoms with Crippen molar-refractivity contribution < 1.29 is 0 Å². The molecular formula is C18H30N6. The highest BCUT2D eigenvalue weighted by molar-refractivity contribution is 5.79. The number of anilines is 1. The summed E-state index contributed by atoms with van der Waals surface area (Å²) in [6.45, 7) is 5.07. The number of hydrogen-bond acceptors (Lipinski definition) is 4. The molecule has 0 bridgehead atoms. The van der Waals surface area contributed by atoms with E-state index in [1.165, 1.54) is 31.2 Å². The molecular weight excluding hydrogens is 300 g/mol. The Labute approximate surface area is 145 Å². The first-order valence-corrected chi connectivity index (χ1v) is 9.10. The first-order chi connectivity index (χ1) is 11.7. The lowest BCUT2D eigenvalue weighted by atomic mass is 10.2. The highest BCUT2D eigenvalue weighted by atomic mass is 15.3. The summed E-state index contributed by atoms with van der Waals surface area (Å²) in [6.07, 6.45) is 7.13. The summed E-state index contributed by atoms with van der Waals surface area (Å²) >= 11 is 0. The van der Waals surface area contributed by atoms with Gasteiger partial charge >= 0.3 is 0 Å². The van der Waals surface area contributed by atoms with E-state index in [0.717, 1.165) is 44.5 Å². The molecule has 0 spiro atoms. The molecule has 1 aromatic heterocycles. The van der Waals surface area contributed by atoms with Crippen LogP contribution in [-0.2, 0) is 6.54 Å². The van der Waals surface area contributed by atoms with Crippen LogP contribution in [0.1, 0.15) is 31.2 Å². The van der Waals surface area contributed by atoms with Crippen LogP contribution in [0.5, 0.6) is 0 Å². The van der Waals surface area contributed by atoms with E-state index >= 15 is 0 Å². The third-order valence-electron chi connectivity index (χ3n) is 5.02. The van der Waals surface area contributed by atoms with Crippen molar-refractivity contribution >= 4 is 11.8 Å². The largest absolute Gasteiger partial charge is 0.354 e. The van der Waals surface area contributed by atoms with Crippen LogP contribution in [0.2, 0.25) is 0 Å². The number of piperazine rings is 1. The van der Waals surface area contributed by atoms with Gasteiger partial charge in [0.2, 0.25) is 0 Å². The van der Waals surface area contributed by atoms with E-state index in [-0.39, 0.29) is 0 Å². The zero-order valence-corrected chi connectivity index (χ0v) is 15.0. The van der Waals surface area contributed by atoms with E-state index in [1.54, 1.807) is 0 Å². The number of aromatic nitrogens is 1. The monoisotopic (exact) mass is 330 g/mol. The van der Waals surface area contributed by atoms with Gasteiger partial charge in [0.05, 0.1) is 0 Å². The van der Waals surface area contributed by atoms with Crippen molar-refractivity contribution in [2.75, 3.05) is 45.2 Å². The first-order valence-electron chi connectivity index (χ1n) is 9.10. The van der Waals surface area contributed by atoms with Gasteiger partial charge in [0.25, 0.3) is 0 Å².